The lowest BCUT2D eigenvalue weighted by atomic mass is 9.80. The number of methoxy groups -OCH3 is 1. The summed E-state index contributed by atoms with van der Waals surface area (Å²) in [7, 11) is 3.73. The first-order valence-corrected chi connectivity index (χ1v) is 22.7. The van der Waals surface area contributed by atoms with Gasteiger partial charge in [-0.25, -0.2) is 24.7 Å². The van der Waals surface area contributed by atoms with Crippen molar-refractivity contribution in [3.05, 3.63) is 98.4 Å². The highest BCUT2D eigenvalue weighted by atomic mass is 35.5. The van der Waals surface area contributed by atoms with Crippen LogP contribution in [0.4, 0.5) is 0 Å². The summed E-state index contributed by atoms with van der Waals surface area (Å²) in [5.74, 6) is 1.74. The molecule has 10 rings (SSSR count). The Morgan fingerprint density at radius 3 is 2.46 bits per heavy atom. The molecule has 1 aliphatic carbocycles. The molecule has 1 saturated carbocycles. The summed E-state index contributed by atoms with van der Waals surface area (Å²) in [5, 5.41) is 12.3. The quantitative estimate of drug-likeness (QED) is 0.148. The predicted octanol–water partition coefficient (Wildman–Crippen LogP) is 9.06. The molecule has 2 atom stereocenters. The molecule has 0 amide bonds. The second-order valence-corrected chi connectivity index (χ2v) is 18.1. The van der Waals surface area contributed by atoms with Gasteiger partial charge in [-0.15, -0.1) is 11.3 Å². The van der Waals surface area contributed by atoms with Gasteiger partial charge >= 0.3 is 5.97 Å². The van der Waals surface area contributed by atoms with Crippen LogP contribution in [0.5, 0.6) is 28.9 Å². The zero-order chi connectivity index (χ0) is 43.8. The van der Waals surface area contributed by atoms with Gasteiger partial charge in [0.25, 0.3) is 0 Å². The lowest BCUT2D eigenvalue weighted by Gasteiger charge is -2.35. The first kappa shape index (κ1) is 43.0. The number of hydrogen-bond acceptors (Lipinski definition) is 13. The number of carboxylic acids is 1. The van der Waals surface area contributed by atoms with Crippen molar-refractivity contribution in [3.8, 4) is 51.4 Å². The Labute approximate surface area is 379 Å². The van der Waals surface area contributed by atoms with Crippen LogP contribution in [-0.4, -0.2) is 107 Å². The number of rotatable bonds is 9. The Morgan fingerprint density at radius 2 is 1.73 bits per heavy atom. The lowest BCUT2D eigenvalue weighted by Crippen LogP contribution is -2.49. The zero-order valence-corrected chi connectivity index (χ0v) is 37.9. The van der Waals surface area contributed by atoms with Crippen molar-refractivity contribution < 1.29 is 33.6 Å². The Kier molecular flexibility index (Phi) is 12.6. The molecule has 0 unspecified atom stereocenters. The van der Waals surface area contributed by atoms with Crippen LogP contribution in [0.2, 0.25) is 10.0 Å². The van der Waals surface area contributed by atoms with Crippen molar-refractivity contribution in [2.75, 3.05) is 53.5 Å². The largest absolute Gasteiger partial charge is 0.496 e. The molecule has 16 heteroatoms. The van der Waals surface area contributed by atoms with Gasteiger partial charge in [0, 0.05) is 61.3 Å². The third-order valence-corrected chi connectivity index (χ3v) is 14.4. The Hall–Kier alpha value is -5.25. The van der Waals surface area contributed by atoms with Crippen molar-refractivity contribution >= 4 is 50.7 Å². The summed E-state index contributed by atoms with van der Waals surface area (Å²) in [4.78, 5) is 38.3. The van der Waals surface area contributed by atoms with Crippen molar-refractivity contribution in [3.63, 3.8) is 0 Å². The van der Waals surface area contributed by atoms with Crippen molar-refractivity contribution in [2.24, 2.45) is 0 Å². The van der Waals surface area contributed by atoms with E-state index in [1.54, 1.807) is 48.9 Å². The highest BCUT2D eigenvalue weighted by molar-refractivity contribution is 7.19. The van der Waals surface area contributed by atoms with E-state index in [-0.39, 0.29) is 31.4 Å². The average molecular weight is 912 g/mol. The second-order valence-electron chi connectivity index (χ2n) is 16.3. The number of aromatic nitrogens is 4. The number of fused-ring (bicyclic) bond motifs is 7. The smallest absolute Gasteiger partial charge is 0.345 e. The van der Waals surface area contributed by atoms with Crippen LogP contribution in [0.3, 0.4) is 0 Å². The first-order chi connectivity index (χ1) is 30.6. The van der Waals surface area contributed by atoms with Crippen molar-refractivity contribution in [2.45, 2.75) is 64.3 Å². The molecule has 6 heterocycles. The van der Waals surface area contributed by atoms with E-state index < -0.39 is 18.2 Å². The summed E-state index contributed by atoms with van der Waals surface area (Å²) in [6.45, 7) is 8.34. The number of ether oxygens (including phenoxy) is 5. The number of carbonyl (C=O) groups is 1. The van der Waals surface area contributed by atoms with E-state index in [9.17, 15) is 9.90 Å². The highest BCUT2D eigenvalue weighted by Crippen LogP contribution is 2.54. The minimum Gasteiger partial charge on any atom is -0.496 e. The molecular weight excluding hydrogens is 864 g/mol. The van der Waals surface area contributed by atoms with E-state index in [1.807, 2.05) is 38.1 Å². The Morgan fingerprint density at radius 1 is 0.952 bits per heavy atom. The molecule has 2 fully saturated rings. The third kappa shape index (κ3) is 8.84. The molecule has 3 aromatic heterocycles. The maximum Gasteiger partial charge on any atom is 0.345 e. The number of aliphatic carboxylic acids is 1. The van der Waals surface area contributed by atoms with Crippen molar-refractivity contribution in [1.29, 1.82) is 0 Å². The highest BCUT2D eigenvalue weighted by Gasteiger charge is 2.34. The Balaban J connectivity index is 1.14. The monoisotopic (exact) mass is 910 g/mol. The van der Waals surface area contributed by atoms with E-state index in [0.717, 1.165) is 78.1 Å². The van der Waals surface area contributed by atoms with E-state index in [0.29, 0.717) is 66.9 Å². The van der Waals surface area contributed by atoms with Gasteiger partial charge < -0.3 is 33.7 Å². The number of hydrogen-bond donors (Lipinski definition) is 1. The predicted molar refractivity (Wildman–Crippen MR) is 243 cm³/mol. The van der Waals surface area contributed by atoms with Crippen LogP contribution in [-0.2, 0) is 17.8 Å². The fourth-order valence-electron chi connectivity index (χ4n) is 8.48. The van der Waals surface area contributed by atoms with E-state index in [1.165, 1.54) is 6.33 Å². The summed E-state index contributed by atoms with van der Waals surface area (Å²) < 4.78 is 31.9. The molecule has 1 N–H and O–H groups in total. The maximum atomic E-state index is 13.3. The fourth-order valence-corrected chi connectivity index (χ4v) is 10.3. The molecule has 0 spiro atoms. The number of nitrogens with zero attached hydrogens (tertiary/aromatic N) is 6. The summed E-state index contributed by atoms with van der Waals surface area (Å²) >= 11 is 16.2. The molecule has 4 aliphatic rings. The molecule has 0 radical (unpaired) electrons. The number of likely N-dealkylation sites (N-methyl/N-ethyl adjacent to an activating group) is 1. The molecule has 13 nitrogen and oxygen atoms in total. The number of benzene rings is 3. The topological polar surface area (TPSA) is 141 Å². The van der Waals surface area contributed by atoms with Crippen LogP contribution < -0.4 is 23.7 Å². The second kappa shape index (κ2) is 18.5. The van der Waals surface area contributed by atoms with Crippen LogP contribution in [0, 0.1) is 13.8 Å². The fraction of sp³-hybridized carbons (Fsp3) is 0.383. The molecule has 6 aromatic rings. The van der Waals surface area contributed by atoms with Gasteiger partial charge in [-0.3, -0.25) is 4.90 Å². The third-order valence-electron chi connectivity index (χ3n) is 12.2. The standard InChI is InChI=1S/C47H48Cl2N6O7S/c1-26-37-27(2)41(49)42(40(26)48)61-32(22-55-18-16-54(3)17-19-55)24-59-31-12-13-34(60-23-30-14-15-50-44(53-30)33-10-5-6-11-35(33)58-4)29(20-31)21-36(47(56)57)62-45-39-38(37)43(28-8-7-9-28)63-46(39)52-25-51-45/h5-6,10-15,20,25,28,32,36H,7-9,16-19,21-24H2,1-4H3,(H,56,57)/t32-,36-/m1/s1. The van der Waals surface area contributed by atoms with Gasteiger partial charge in [-0.1, -0.05) is 41.8 Å². The molecular formula is C47H48Cl2N6O7S. The van der Waals surface area contributed by atoms with Gasteiger partial charge in [-0.2, -0.15) is 0 Å². The first-order valence-electron chi connectivity index (χ1n) is 21.1. The number of thiophene rings is 1. The minimum atomic E-state index is -1.38. The van der Waals surface area contributed by atoms with E-state index >= 15 is 0 Å². The molecule has 4 bridgehead atoms. The number of piperazine rings is 1. The SMILES string of the molecule is COc1ccccc1-c1nccc(COc2ccc3cc2C[C@H](C(=O)O)Oc2ncnc4sc(C5CCC5)c(c24)-c2c(C)c(Cl)c(c(Cl)c2C)O[C@H](CN2CCN(C)CC2)CO3)n1. The lowest BCUT2D eigenvalue weighted by molar-refractivity contribution is -0.145. The minimum absolute atomic E-state index is 0.0730. The van der Waals surface area contributed by atoms with E-state index in [2.05, 4.69) is 26.8 Å². The van der Waals surface area contributed by atoms with Gasteiger partial charge in [-0.05, 0) is 92.7 Å². The van der Waals surface area contributed by atoms with E-state index in [4.69, 9.17) is 56.9 Å². The van der Waals surface area contributed by atoms with Crippen LogP contribution in [0.1, 0.15) is 52.4 Å². The van der Waals surface area contributed by atoms with Crippen molar-refractivity contribution in [1.82, 2.24) is 29.7 Å². The molecule has 3 aliphatic heterocycles. The summed E-state index contributed by atoms with van der Waals surface area (Å²) in [6, 6.07) is 14.7. The number of para-hydroxylation sites is 1. The van der Waals surface area contributed by atoms with Gasteiger partial charge in [0.1, 0.15) is 47.7 Å². The average Bonchev–Trinajstić information content (AvgIpc) is 3.64. The Bertz CT molecular complexity index is 2640. The normalized spacial score (nSPS) is 18.5. The maximum absolute atomic E-state index is 13.3. The number of carboxylic acid groups (broad SMARTS) is 1. The van der Waals surface area contributed by atoms with Crippen LogP contribution >= 0.6 is 34.5 Å². The molecule has 328 valence electrons. The summed E-state index contributed by atoms with van der Waals surface area (Å²) in [5.41, 5.74) is 5.19. The molecule has 1 saturated heterocycles. The van der Waals surface area contributed by atoms with Crippen LogP contribution in [0.25, 0.3) is 32.7 Å². The van der Waals surface area contributed by atoms with Gasteiger partial charge in [0.05, 0.1) is 33.8 Å². The zero-order valence-electron chi connectivity index (χ0n) is 35.5. The molecule has 63 heavy (non-hydrogen) atoms. The molecule has 3 aromatic carbocycles. The van der Waals surface area contributed by atoms with Crippen LogP contribution in [0.15, 0.2) is 61.1 Å². The number of halogens is 2. The summed E-state index contributed by atoms with van der Waals surface area (Å²) in [6.07, 6.45) is 4.32. The van der Waals surface area contributed by atoms with Gasteiger partial charge in [0.15, 0.2) is 11.6 Å². The van der Waals surface area contributed by atoms with Gasteiger partial charge in [0.2, 0.25) is 12.0 Å².